The van der Waals surface area contributed by atoms with Crippen LogP contribution in [-0.2, 0) is 14.2 Å². The van der Waals surface area contributed by atoms with Crippen LogP contribution >= 0.6 is 0 Å². The van der Waals surface area contributed by atoms with Crippen molar-refractivity contribution in [2.45, 2.75) is 30.4 Å². The Kier molecular flexibility index (Phi) is 7.26. The molecule has 0 aromatic carbocycles. The van der Waals surface area contributed by atoms with Crippen LogP contribution in [0.15, 0.2) is 23.8 Å². The van der Waals surface area contributed by atoms with Crippen molar-refractivity contribution in [3.63, 3.8) is 0 Å². The first-order chi connectivity index (χ1) is 11.1. The van der Waals surface area contributed by atoms with E-state index in [1.165, 1.54) is 7.11 Å². The molecule has 2 N–H and O–H groups in total. The lowest BCUT2D eigenvalue weighted by Gasteiger charge is -2.39. The van der Waals surface area contributed by atoms with Crippen molar-refractivity contribution >= 4 is 0 Å². The van der Waals surface area contributed by atoms with Crippen LogP contribution in [0.4, 0.5) is 26.3 Å². The van der Waals surface area contributed by atoms with Crippen LogP contribution in [-0.4, -0.2) is 57.5 Å². The summed E-state index contributed by atoms with van der Waals surface area (Å²) in [5, 5.41) is 0. The molecule has 0 fully saturated rings. The second kappa shape index (κ2) is 8.32. The molecule has 0 aromatic heterocycles. The van der Waals surface area contributed by atoms with E-state index in [9.17, 15) is 26.3 Å². The normalized spacial score (nSPS) is 19.5. The standard InChI is InChI=1S/C14H19F6NO3/c1-22-6-7-23-8-9-24-12(13(15,16)17,14(18,19)20)10-2-4-11(21)5-3-10/h2-4,11H,5-9,21H2,1H3. The molecule has 0 amide bonds. The van der Waals surface area contributed by atoms with Gasteiger partial charge in [0.2, 0.25) is 0 Å². The lowest BCUT2D eigenvalue weighted by atomic mass is 9.87. The molecule has 1 aliphatic carbocycles. The first kappa shape index (κ1) is 20.9. The Morgan fingerprint density at radius 2 is 1.62 bits per heavy atom. The second-order valence-electron chi connectivity index (χ2n) is 5.05. The molecule has 4 nitrogen and oxygen atoms in total. The van der Waals surface area contributed by atoms with Crippen molar-refractivity contribution in [3.8, 4) is 0 Å². The summed E-state index contributed by atoms with van der Waals surface area (Å²) >= 11 is 0. The number of nitrogens with two attached hydrogens (primary N) is 1. The molecular weight excluding hydrogens is 344 g/mol. The minimum absolute atomic E-state index is 0.0301. The van der Waals surface area contributed by atoms with Gasteiger partial charge in [0.05, 0.1) is 26.4 Å². The molecule has 0 saturated heterocycles. The van der Waals surface area contributed by atoms with E-state index in [1.54, 1.807) is 0 Å². The monoisotopic (exact) mass is 363 g/mol. The number of hydrogen-bond donors (Lipinski definition) is 1. The van der Waals surface area contributed by atoms with Crippen molar-refractivity contribution in [1.82, 2.24) is 0 Å². The topological polar surface area (TPSA) is 53.7 Å². The fourth-order valence-corrected chi connectivity index (χ4v) is 2.13. The van der Waals surface area contributed by atoms with E-state index in [1.807, 2.05) is 0 Å². The van der Waals surface area contributed by atoms with Crippen LogP contribution in [0, 0.1) is 0 Å². The van der Waals surface area contributed by atoms with Crippen LogP contribution < -0.4 is 5.73 Å². The SMILES string of the molecule is COCCOCCOC(C1=CCC(N)C=C1)(C(F)(F)F)C(F)(F)F. The third-order valence-electron chi connectivity index (χ3n) is 3.32. The molecular formula is C14H19F6NO3. The number of halogens is 6. The Hall–Kier alpha value is -1.10. The zero-order valence-corrected chi connectivity index (χ0v) is 12.9. The fraction of sp³-hybridized carbons (Fsp3) is 0.714. The van der Waals surface area contributed by atoms with Crippen molar-refractivity contribution in [2.75, 3.05) is 33.5 Å². The van der Waals surface area contributed by atoms with Gasteiger partial charge in [0.15, 0.2) is 0 Å². The molecule has 10 heteroatoms. The molecule has 0 aliphatic heterocycles. The highest BCUT2D eigenvalue weighted by Gasteiger charge is 2.73. The summed E-state index contributed by atoms with van der Waals surface area (Å²) in [6, 6.07) is -0.634. The summed E-state index contributed by atoms with van der Waals surface area (Å²) in [5.41, 5.74) is 0.0178. The number of alkyl halides is 6. The quantitative estimate of drug-likeness (QED) is 0.532. The minimum atomic E-state index is -5.70. The van der Waals surface area contributed by atoms with E-state index in [-0.39, 0.29) is 19.6 Å². The molecule has 0 radical (unpaired) electrons. The molecule has 1 aliphatic rings. The maximum atomic E-state index is 13.4. The lowest BCUT2D eigenvalue weighted by Crippen LogP contribution is -2.60. The molecule has 0 saturated carbocycles. The van der Waals surface area contributed by atoms with E-state index in [0.29, 0.717) is 6.08 Å². The van der Waals surface area contributed by atoms with Crippen LogP contribution in [0.1, 0.15) is 6.42 Å². The third kappa shape index (κ3) is 4.71. The highest BCUT2D eigenvalue weighted by molar-refractivity contribution is 5.37. The maximum Gasteiger partial charge on any atom is 0.430 e. The molecule has 140 valence electrons. The Morgan fingerprint density at radius 3 is 2.08 bits per heavy atom. The number of ether oxygens (including phenoxy) is 3. The van der Waals surface area contributed by atoms with Gasteiger partial charge in [0.25, 0.3) is 5.60 Å². The zero-order valence-electron chi connectivity index (χ0n) is 12.9. The van der Waals surface area contributed by atoms with E-state index < -0.39 is 42.8 Å². The Morgan fingerprint density at radius 1 is 1.04 bits per heavy atom. The van der Waals surface area contributed by atoms with Crippen molar-refractivity contribution in [3.05, 3.63) is 23.8 Å². The molecule has 0 heterocycles. The first-order valence-corrected chi connectivity index (χ1v) is 7.04. The van der Waals surface area contributed by atoms with Crippen LogP contribution in [0.25, 0.3) is 0 Å². The molecule has 0 aromatic rings. The second-order valence-corrected chi connectivity index (χ2v) is 5.05. The highest BCUT2D eigenvalue weighted by Crippen LogP contribution is 2.51. The molecule has 0 spiro atoms. The predicted molar refractivity (Wildman–Crippen MR) is 73.3 cm³/mol. The van der Waals surface area contributed by atoms with Gasteiger partial charge in [0, 0.05) is 13.2 Å². The molecule has 1 rings (SSSR count). The largest absolute Gasteiger partial charge is 0.430 e. The smallest absolute Gasteiger partial charge is 0.382 e. The zero-order chi connectivity index (χ0) is 18.4. The lowest BCUT2D eigenvalue weighted by molar-refractivity contribution is -0.365. The first-order valence-electron chi connectivity index (χ1n) is 7.04. The van der Waals surface area contributed by atoms with Crippen LogP contribution in [0.3, 0.4) is 0 Å². The van der Waals surface area contributed by atoms with Gasteiger partial charge in [-0.2, -0.15) is 26.3 Å². The third-order valence-corrected chi connectivity index (χ3v) is 3.32. The van der Waals surface area contributed by atoms with E-state index in [2.05, 4.69) is 9.47 Å². The average Bonchev–Trinajstić information content (AvgIpc) is 2.45. The summed E-state index contributed by atoms with van der Waals surface area (Å²) in [4.78, 5) is 0. The van der Waals surface area contributed by atoms with E-state index in [0.717, 1.165) is 12.2 Å². The summed E-state index contributed by atoms with van der Waals surface area (Å²) in [5.74, 6) is 0. The average molecular weight is 363 g/mol. The summed E-state index contributed by atoms with van der Waals surface area (Å²) in [6.07, 6.45) is -8.95. The Bertz CT molecular complexity index is 444. The van der Waals surface area contributed by atoms with Gasteiger partial charge in [-0.05, 0) is 12.0 Å². The van der Waals surface area contributed by atoms with Gasteiger partial charge in [-0.25, -0.2) is 0 Å². The maximum absolute atomic E-state index is 13.4. The highest BCUT2D eigenvalue weighted by atomic mass is 19.4. The summed E-state index contributed by atoms with van der Waals surface area (Å²) in [7, 11) is 1.38. The van der Waals surface area contributed by atoms with Gasteiger partial charge in [-0.1, -0.05) is 18.2 Å². The van der Waals surface area contributed by atoms with Gasteiger partial charge in [-0.3, -0.25) is 0 Å². The van der Waals surface area contributed by atoms with E-state index in [4.69, 9.17) is 10.5 Å². The van der Waals surface area contributed by atoms with Crippen molar-refractivity contribution in [2.24, 2.45) is 5.73 Å². The van der Waals surface area contributed by atoms with Gasteiger partial charge < -0.3 is 19.9 Å². The number of rotatable bonds is 8. The summed E-state index contributed by atoms with van der Waals surface area (Å²) < 4.78 is 94.1. The van der Waals surface area contributed by atoms with Crippen LogP contribution in [0.2, 0.25) is 0 Å². The minimum Gasteiger partial charge on any atom is -0.382 e. The van der Waals surface area contributed by atoms with Crippen molar-refractivity contribution in [1.29, 1.82) is 0 Å². The molecule has 0 bridgehead atoms. The molecule has 24 heavy (non-hydrogen) atoms. The Labute approximate surface area is 135 Å². The van der Waals surface area contributed by atoms with Crippen molar-refractivity contribution < 1.29 is 40.6 Å². The van der Waals surface area contributed by atoms with Gasteiger partial charge >= 0.3 is 12.4 Å². The molecule has 1 atom stereocenters. The fourth-order valence-electron chi connectivity index (χ4n) is 2.13. The van der Waals surface area contributed by atoms with Crippen LogP contribution in [0.5, 0.6) is 0 Å². The molecule has 1 unspecified atom stereocenters. The number of hydrogen-bond acceptors (Lipinski definition) is 4. The predicted octanol–water partition coefficient (Wildman–Crippen LogP) is 2.74. The number of methoxy groups -OCH3 is 1. The summed E-state index contributed by atoms with van der Waals surface area (Å²) in [6.45, 7) is -1.13. The van der Waals surface area contributed by atoms with E-state index >= 15 is 0 Å². The van der Waals surface area contributed by atoms with Gasteiger partial charge in [0.1, 0.15) is 0 Å². The Balaban J connectivity index is 3.00. The van der Waals surface area contributed by atoms with Gasteiger partial charge in [-0.15, -0.1) is 0 Å².